The minimum absolute atomic E-state index is 0.173. The van der Waals surface area contributed by atoms with Gasteiger partial charge < -0.3 is 19.5 Å². The van der Waals surface area contributed by atoms with E-state index in [9.17, 15) is 9.00 Å². The average Bonchev–Trinajstić information content (AvgIpc) is 3.61. The zero-order valence-electron chi connectivity index (χ0n) is 18.5. The van der Waals surface area contributed by atoms with Crippen LogP contribution in [0.15, 0.2) is 47.6 Å². The number of fused-ring (bicyclic) bond motifs is 1. The van der Waals surface area contributed by atoms with Crippen molar-refractivity contribution in [2.45, 2.75) is 37.3 Å². The van der Waals surface area contributed by atoms with E-state index in [1.807, 2.05) is 18.2 Å². The second-order valence-corrected chi connectivity index (χ2v) is 9.62. The number of nitrogens with one attached hydrogen (secondary N) is 2. The third-order valence-electron chi connectivity index (χ3n) is 5.04. The number of nitrogens with zero attached hydrogens (tertiary/aromatic N) is 2. The van der Waals surface area contributed by atoms with Crippen LogP contribution in [-0.4, -0.2) is 45.9 Å². The summed E-state index contributed by atoms with van der Waals surface area (Å²) in [5.74, 6) is 5.50. The number of hydrogen-bond acceptors (Lipinski definition) is 8. The molecule has 0 bridgehead atoms. The number of anilines is 1. The van der Waals surface area contributed by atoms with Crippen LogP contribution < -0.4 is 19.5 Å². The molecule has 2 N–H and O–H groups in total. The van der Waals surface area contributed by atoms with Crippen molar-refractivity contribution in [3.63, 3.8) is 0 Å². The van der Waals surface area contributed by atoms with Gasteiger partial charge in [0.2, 0.25) is 0 Å². The summed E-state index contributed by atoms with van der Waals surface area (Å²) in [4.78, 5) is 20.8. The Kier molecular flexibility index (Phi) is 6.55. The van der Waals surface area contributed by atoms with Crippen LogP contribution in [0.25, 0.3) is 10.9 Å². The van der Waals surface area contributed by atoms with Gasteiger partial charge in [0, 0.05) is 17.5 Å². The fourth-order valence-corrected chi connectivity index (χ4v) is 4.31. The minimum Gasteiger partial charge on any atom is -0.493 e. The number of rotatable bonds is 9. The highest BCUT2D eigenvalue weighted by Crippen LogP contribution is 2.35. The normalized spacial score (nSPS) is 14.8. The van der Waals surface area contributed by atoms with Crippen LogP contribution in [0.4, 0.5) is 10.6 Å². The van der Waals surface area contributed by atoms with Crippen molar-refractivity contribution in [1.29, 1.82) is 0 Å². The molecular weight excluding hydrogens is 444 g/mol. The van der Waals surface area contributed by atoms with E-state index in [0.29, 0.717) is 22.4 Å². The van der Waals surface area contributed by atoms with Crippen molar-refractivity contribution in [2.75, 3.05) is 19.0 Å². The molecule has 0 saturated heterocycles. The maximum absolute atomic E-state index is 12.9. The van der Waals surface area contributed by atoms with E-state index in [-0.39, 0.29) is 13.2 Å². The van der Waals surface area contributed by atoms with Crippen molar-refractivity contribution >= 4 is 38.4 Å². The van der Waals surface area contributed by atoms with Crippen LogP contribution in [0.3, 0.4) is 0 Å². The first-order chi connectivity index (χ1) is 15.9. The Hall–Kier alpha value is -3.53. The number of amides is 1. The van der Waals surface area contributed by atoms with Gasteiger partial charge in [0.15, 0.2) is 11.5 Å². The molecular formula is C23H26N4O5S. The van der Waals surface area contributed by atoms with Crippen molar-refractivity contribution in [3.8, 4) is 11.5 Å². The van der Waals surface area contributed by atoms with E-state index in [4.69, 9.17) is 14.2 Å². The molecule has 1 atom stereocenters. The lowest BCUT2D eigenvalue weighted by Gasteiger charge is -2.15. The van der Waals surface area contributed by atoms with E-state index >= 15 is 0 Å². The van der Waals surface area contributed by atoms with Crippen molar-refractivity contribution < 1.29 is 23.2 Å². The Balaban J connectivity index is 1.53. The van der Waals surface area contributed by atoms with E-state index in [0.717, 1.165) is 35.1 Å². The number of methoxy groups -OCH3 is 1. The molecule has 2 aromatic carbocycles. The molecule has 1 heterocycles. The highest BCUT2D eigenvalue weighted by Gasteiger charge is 2.23. The van der Waals surface area contributed by atoms with Gasteiger partial charge in [-0.2, -0.15) is 0 Å². The molecule has 1 aliphatic carbocycles. The molecule has 0 spiro atoms. The lowest BCUT2D eigenvalue weighted by atomic mass is 10.2. The summed E-state index contributed by atoms with van der Waals surface area (Å²) >= 11 is 0. The summed E-state index contributed by atoms with van der Waals surface area (Å²) in [6, 6.07) is 11.0. The predicted molar refractivity (Wildman–Crippen MR) is 127 cm³/mol. The van der Waals surface area contributed by atoms with Gasteiger partial charge in [-0.05, 0) is 49.4 Å². The molecule has 3 aromatic rings. The molecule has 0 aliphatic heterocycles. The smallest absolute Gasteiger partial charge is 0.418 e. The SMILES string of the molecule is C=S(=O)(NC(=O)OCC)c1cccc(COc2cc3ncnc(NC4CC4)c3cc2OC)c1. The van der Waals surface area contributed by atoms with Crippen molar-refractivity contribution in [3.05, 3.63) is 48.3 Å². The van der Waals surface area contributed by atoms with Gasteiger partial charge in [-0.25, -0.2) is 23.7 Å². The summed E-state index contributed by atoms with van der Waals surface area (Å²) < 4.78 is 31.5. The Labute approximate surface area is 192 Å². The van der Waals surface area contributed by atoms with Crippen LogP contribution in [0, 0.1) is 0 Å². The summed E-state index contributed by atoms with van der Waals surface area (Å²) in [6.45, 7) is 2.02. The lowest BCUT2D eigenvalue weighted by Crippen LogP contribution is -2.31. The Morgan fingerprint density at radius 1 is 1.21 bits per heavy atom. The van der Waals surface area contributed by atoms with Crippen LogP contribution in [0.5, 0.6) is 11.5 Å². The molecule has 1 unspecified atom stereocenters. The summed E-state index contributed by atoms with van der Waals surface area (Å²) in [6.07, 6.45) is 3.02. The third-order valence-corrected chi connectivity index (χ3v) is 6.55. The molecule has 1 fully saturated rings. The summed E-state index contributed by atoms with van der Waals surface area (Å²) in [5.41, 5.74) is 1.48. The number of benzene rings is 2. The van der Waals surface area contributed by atoms with E-state index in [1.165, 1.54) is 6.33 Å². The highest BCUT2D eigenvalue weighted by molar-refractivity contribution is 7.99. The molecule has 1 aliphatic rings. The first-order valence-corrected chi connectivity index (χ1v) is 12.2. The standard InChI is InChI=1S/C23H26N4O5S/c1-4-31-23(28)27-33(3,29)17-7-5-6-15(10-17)13-32-21-12-19-18(11-20(21)30-2)22(25-14-24-19)26-16-8-9-16/h5-7,10-12,14,16H,3-4,8-9,13H2,1-2H3,(H,24,25,26)(H,27,28,29). The number of aromatic nitrogens is 2. The summed E-state index contributed by atoms with van der Waals surface area (Å²) in [5, 5.41) is 4.27. The van der Waals surface area contributed by atoms with Crippen LogP contribution >= 0.6 is 0 Å². The maximum atomic E-state index is 12.9. The zero-order valence-corrected chi connectivity index (χ0v) is 19.3. The van der Waals surface area contributed by atoms with Gasteiger partial charge in [-0.3, -0.25) is 0 Å². The van der Waals surface area contributed by atoms with Crippen molar-refractivity contribution in [2.24, 2.45) is 0 Å². The van der Waals surface area contributed by atoms with Crippen LogP contribution in [-0.2, 0) is 21.1 Å². The molecule has 1 saturated carbocycles. The number of carbonyl (C=O) groups is 1. The Morgan fingerprint density at radius 2 is 2.03 bits per heavy atom. The Morgan fingerprint density at radius 3 is 2.76 bits per heavy atom. The molecule has 0 radical (unpaired) electrons. The van der Waals surface area contributed by atoms with E-state index in [2.05, 4.69) is 25.9 Å². The second kappa shape index (κ2) is 9.53. The number of hydrogen-bond donors (Lipinski definition) is 2. The van der Waals surface area contributed by atoms with Gasteiger partial charge in [0.25, 0.3) is 0 Å². The zero-order chi connectivity index (χ0) is 23.4. The predicted octanol–water partition coefficient (Wildman–Crippen LogP) is 3.53. The number of ether oxygens (including phenoxy) is 3. The highest BCUT2D eigenvalue weighted by atomic mass is 32.2. The monoisotopic (exact) mass is 470 g/mol. The molecule has 33 heavy (non-hydrogen) atoms. The molecule has 10 heteroatoms. The maximum Gasteiger partial charge on any atom is 0.418 e. The van der Waals surface area contributed by atoms with Crippen molar-refractivity contribution in [1.82, 2.24) is 14.7 Å². The van der Waals surface area contributed by atoms with Gasteiger partial charge in [0.1, 0.15) is 18.8 Å². The molecule has 4 rings (SSSR count). The molecule has 1 amide bonds. The minimum atomic E-state index is -3.07. The molecule has 174 valence electrons. The quantitative estimate of drug-likeness (QED) is 0.457. The van der Waals surface area contributed by atoms with Crippen LogP contribution in [0.2, 0.25) is 0 Å². The first-order valence-electron chi connectivity index (χ1n) is 10.5. The topological polar surface area (TPSA) is 112 Å². The third kappa shape index (κ3) is 5.46. The first kappa shape index (κ1) is 22.7. The van der Waals surface area contributed by atoms with E-state index in [1.54, 1.807) is 32.2 Å². The van der Waals surface area contributed by atoms with E-state index < -0.39 is 15.8 Å². The second-order valence-electron chi connectivity index (χ2n) is 7.59. The van der Waals surface area contributed by atoms with Gasteiger partial charge >= 0.3 is 6.09 Å². The summed E-state index contributed by atoms with van der Waals surface area (Å²) in [7, 11) is -1.49. The van der Waals surface area contributed by atoms with Gasteiger partial charge in [-0.1, -0.05) is 12.1 Å². The van der Waals surface area contributed by atoms with Gasteiger partial charge in [-0.15, -0.1) is 0 Å². The van der Waals surface area contributed by atoms with Crippen LogP contribution in [0.1, 0.15) is 25.3 Å². The number of carbonyl (C=O) groups excluding carboxylic acids is 1. The largest absolute Gasteiger partial charge is 0.493 e. The fourth-order valence-electron chi connectivity index (χ4n) is 3.23. The van der Waals surface area contributed by atoms with Gasteiger partial charge in [0.05, 0.1) is 33.8 Å². The fraction of sp³-hybridized carbons (Fsp3) is 0.304. The lowest BCUT2D eigenvalue weighted by molar-refractivity contribution is 0.159. The molecule has 1 aromatic heterocycles. The Bertz CT molecular complexity index is 1280. The average molecular weight is 471 g/mol. The molecule has 9 nitrogen and oxygen atoms in total.